The Balaban J connectivity index is 1.09. The molecule has 0 aromatic heterocycles. The lowest BCUT2D eigenvalue weighted by molar-refractivity contribution is 0.660. The first-order valence-corrected chi connectivity index (χ1v) is 20.3. The van der Waals surface area contributed by atoms with Crippen LogP contribution in [0.15, 0.2) is 198 Å². The molecular formula is C55H39N3. The van der Waals surface area contributed by atoms with Gasteiger partial charge in [0.05, 0.1) is 5.41 Å². The summed E-state index contributed by atoms with van der Waals surface area (Å²) in [5, 5.41) is 3.68. The standard InChI is InChI=1S/C55H39N3/c1-54(2)44-24-12-11-22-43(44)50-38(23-15-27-47(50)54)36-28-30-41-42-31-29-37(53-57-51(34-16-5-3-6-17-34)56-52(58-53)35-18-7-4-8-19-35)33-49(42)55(48(41)32-36)45-25-13-9-20-39(45)40-21-10-14-26-46(40)55/h3-33,51H,1-2H3,(H,56,57,58). The van der Waals surface area contributed by atoms with Crippen molar-refractivity contribution in [3.8, 4) is 44.5 Å². The summed E-state index contributed by atoms with van der Waals surface area (Å²) in [4.78, 5) is 10.4. The van der Waals surface area contributed by atoms with Crippen molar-refractivity contribution in [2.24, 2.45) is 9.98 Å². The van der Waals surface area contributed by atoms with Crippen LogP contribution in [0, 0.1) is 0 Å². The van der Waals surface area contributed by atoms with Crippen LogP contribution >= 0.6 is 0 Å². The zero-order valence-electron chi connectivity index (χ0n) is 32.4. The van der Waals surface area contributed by atoms with E-state index in [1.54, 1.807) is 0 Å². The van der Waals surface area contributed by atoms with E-state index in [-0.39, 0.29) is 11.6 Å². The minimum absolute atomic E-state index is 0.0731. The molecule has 8 aromatic carbocycles. The monoisotopic (exact) mass is 741 g/mol. The molecule has 8 aromatic rings. The summed E-state index contributed by atoms with van der Waals surface area (Å²) in [7, 11) is 0. The largest absolute Gasteiger partial charge is 0.324 e. The molecule has 0 radical (unpaired) electrons. The Bertz CT molecular complexity index is 3020. The first kappa shape index (κ1) is 33.1. The fraction of sp³-hybridized carbons (Fsp3) is 0.0909. The maximum atomic E-state index is 5.31. The molecule has 0 saturated heterocycles. The van der Waals surface area contributed by atoms with Crippen LogP contribution < -0.4 is 5.32 Å². The van der Waals surface area contributed by atoms with Crippen LogP contribution in [0.25, 0.3) is 44.5 Å². The lowest BCUT2D eigenvalue weighted by Crippen LogP contribution is -2.36. The van der Waals surface area contributed by atoms with Crippen molar-refractivity contribution < 1.29 is 0 Å². The zero-order chi connectivity index (χ0) is 38.6. The number of nitrogens with zero attached hydrogens (tertiary/aromatic N) is 2. The van der Waals surface area contributed by atoms with E-state index in [1.807, 2.05) is 12.1 Å². The molecule has 1 unspecified atom stereocenters. The lowest BCUT2D eigenvalue weighted by Gasteiger charge is -2.31. The number of amidine groups is 2. The molecule has 0 saturated carbocycles. The molecule has 0 amide bonds. The predicted molar refractivity (Wildman–Crippen MR) is 238 cm³/mol. The van der Waals surface area contributed by atoms with Gasteiger partial charge in [-0.25, -0.2) is 9.98 Å². The number of fused-ring (bicyclic) bond motifs is 13. The van der Waals surface area contributed by atoms with Gasteiger partial charge in [-0.2, -0.15) is 0 Å². The summed E-state index contributed by atoms with van der Waals surface area (Å²) in [5.41, 5.74) is 20.9. The smallest absolute Gasteiger partial charge is 0.169 e. The molecule has 1 heterocycles. The second-order valence-corrected chi connectivity index (χ2v) is 16.5. The van der Waals surface area contributed by atoms with Gasteiger partial charge in [0.1, 0.15) is 11.7 Å². The van der Waals surface area contributed by atoms with Crippen molar-refractivity contribution in [3.63, 3.8) is 0 Å². The van der Waals surface area contributed by atoms with Crippen LogP contribution in [0.1, 0.15) is 70.1 Å². The van der Waals surface area contributed by atoms with Gasteiger partial charge in [0.2, 0.25) is 0 Å². The Hall–Kier alpha value is -7.10. The van der Waals surface area contributed by atoms with Crippen LogP contribution in [0.3, 0.4) is 0 Å². The Morgan fingerprint density at radius 2 is 0.862 bits per heavy atom. The minimum atomic E-state index is -0.524. The van der Waals surface area contributed by atoms with E-state index in [0.29, 0.717) is 0 Å². The van der Waals surface area contributed by atoms with Crippen molar-refractivity contribution in [3.05, 3.63) is 238 Å². The van der Waals surface area contributed by atoms with E-state index in [9.17, 15) is 0 Å². The first-order chi connectivity index (χ1) is 28.5. The summed E-state index contributed by atoms with van der Waals surface area (Å²) >= 11 is 0. The number of nitrogens with one attached hydrogen (secondary N) is 1. The molecule has 1 atom stereocenters. The van der Waals surface area contributed by atoms with Gasteiger partial charge in [-0.05, 0) is 95.6 Å². The van der Waals surface area contributed by atoms with Crippen LogP contribution in [0.5, 0.6) is 0 Å². The molecule has 3 heteroatoms. The quantitative estimate of drug-likeness (QED) is 0.192. The fourth-order valence-electron chi connectivity index (χ4n) is 10.6. The Morgan fingerprint density at radius 3 is 1.53 bits per heavy atom. The van der Waals surface area contributed by atoms with Crippen molar-refractivity contribution in [2.75, 3.05) is 0 Å². The summed E-state index contributed by atoms with van der Waals surface area (Å²) in [6.45, 7) is 4.73. The first-order valence-electron chi connectivity index (χ1n) is 20.3. The average Bonchev–Trinajstić information content (AvgIpc) is 3.85. The number of benzene rings is 8. The molecule has 0 fully saturated rings. The van der Waals surface area contributed by atoms with Crippen molar-refractivity contribution >= 4 is 11.7 Å². The van der Waals surface area contributed by atoms with E-state index in [0.717, 1.165) is 28.4 Å². The number of rotatable bonds is 4. The van der Waals surface area contributed by atoms with Crippen LogP contribution in [-0.2, 0) is 10.8 Å². The highest BCUT2D eigenvalue weighted by molar-refractivity contribution is 6.16. The Kier molecular flexibility index (Phi) is 6.96. The van der Waals surface area contributed by atoms with Crippen LogP contribution in [0.2, 0.25) is 0 Å². The van der Waals surface area contributed by atoms with E-state index >= 15 is 0 Å². The minimum Gasteiger partial charge on any atom is -0.324 e. The molecule has 3 nitrogen and oxygen atoms in total. The Morgan fingerprint density at radius 1 is 0.379 bits per heavy atom. The maximum Gasteiger partial charge on any atom is 0.169 e. The third-order valence-corrected chi connectivity index (χ3v) is 13.2. The second kappa shape index (κ2) is 12.2. The van der Waals surface area contributed by atoms with Gasteiger partial charge in [-0.15, -0.1) is 0 Å². The zero-order valence-corrected chi connectivity index (χ0v) is 32.4. The molecule has 0 bridgehead atoms. The highest BCUT2D eigenvalue weighted by Crippen LogP contribution is 2.63. The third kappa shape index (κ3) is 4.50. The van der Waals surface area contributed by atoms with Crippen molar-refractivity contribution in [1.29, 1.82) is 0 Å². The summed E-state index contributed by atoms with van der Waals surface area (Å²) in [6.07, 6.45) is -0.370. The van der Waals surface area contributed by atoms with Gasteiger partial charge in [0.25, 0.3) is 0 Å². The fourth-order valence-corrected chi connectivity index (χ4v) is 10.6. The molecule has 1 spiro atoms. The highest BCUT2D eigenvalue weighted by atomic mass is 15.2. The maximum absolute atomic E-state index is 5.31. The van der Waals surface area contributed by atoms with Gasteiger partial charge in [-0.3, -0.25) is 0 Å². The van der Waals surface area contributed by atoms with Crippen LogP contribution in [-0.4, -0.2) is 11.7 Å². The predicted octanol–water partition coefficient (Wildman–Crippen LogP) is 12.5. The van der Waals surface area contributed by atoms with E-state index in [2.05, 4.69) is 195 Å². The summed E-state index contributed by atoms with van der Waals surface area (Å²) < 4.78 is 0. The van der Waals surface area contributed by atoms with E-state index in [1.165, 1.54) is 77.9 Å². The molecule has 12 rings (SSSR count). The number of hydrogen-bond donors (Lipinski definition) is 1. The molecular weight excluding hydrogens is 703 g/mol. The Labute approximate surface area is 339 Å². The topological polar surface area (TPSA) is 36.8 Å². The van der Waals surface area contributed by atoms with Gasteiger partial charge in [0.15, 0.2) is 6.17 Å². The average molecular weight is 742 g/mol. The number of aliphatic imine (C=N–C) groups is 2. The highest BCUT2D eigenvalue weighted by Gasteiger charge is 2.52. The van der Waals surface area contributed by atoms with E-state index in [4.69, 9.17) is 9.98 Å². The van der Waals surface area contributed by atoms with Gasteiger partial charge in [-0.1, -0.05) is 190 Å². The van der Waals surface area contributed by atoms with Crippen molar-refractivity contribution in [2.45, 2.75) is 30.8 Å². The molecule has 1 N–H and O–H groups in total. The number of hydrogen-bond acceptors (Lipinski definition) is 3. The molecule has 58 heavy (non-hydrogen) atoms. The molecule has 1 aliphatic heterocycles. The van der Waals surface area contributed by atoms with E-state index < -0.39 is 5.41 Å². The van der Waals surface area contributed by atoms with Crippen molar-refractivity contribution in [1.82, 2.24) is 5.32 Å². The molecule has 3 aliphatic carbocycles. The lowest BCUT2D eigenvalue weighted by atomic mass is 9.70. The summed E-state index contributed by atoms with van der Waals surface area (Å²) in [6, 6.07) is 69.0. The van der Waals surface area contributed by atoms with Gasteiger partial charge < -0.3 is 5.32 Å². The molecule has 274 valence electrons. The third-order valence-electron chi connectivity index (χ3n) is 13.2. The normalized spacial score (nSPS) is 16.9. The van der Waals surface area contributed by atoms with Gasteiger partial charge in [0, 0.05) is 16.5 Å². The van der Waals surface area contributed by atoms with Gasteiger partial charge >= 0.3 is 0 Å². The SMILES string of the molecule is CC1(C)c2ccccc2-c2c(-c3ccc4c(c3)C3(c5ccccc5-c5ccccc53)c3cc(C5=NC(c6ccccc6)N=C(c6ccccc6)N5)ccc3-4)cccc21. The second-order valence-electron chi connectivity index (χ2n) is 16.5. The molecule has 4 aliphatic rings. The summed E-state index contributed by atoms with van der Waals surface area (Å²) in [5.74, 6) is 1.64. The van der Waals surface area contributed by atoms with Crippen LogP contribution in [0.4, 0.5) is 0 Å².